The van der Waals surface area contributed by atoms with Gasteiger partial charge >= 0.3 is 0 Å². The molecule has 5 heteroatoms. The Morgan fingerprint density at radius 3 is 2.85 bits per heavy atom. The third-order valence-electron chi connectivity index (χ3n) is 5.11. The lowest BCUT2D eigenvalue weighted by Crippen LogP contribution is -2.37. The maximum Gasteiger partial charge on any atom is 0.255 e. The van der Waals surface area contributed by atoms with Gasteiger partial charge < -0.3 is 15.0 Å². The Hall–Kier alpha value is -2.63. The maximum atomic E-state index is 12.5. The van der Waals surface area contributed by atoms with Crippen molar-refractivity contribution in [2.24, 2.45) is 0 Å². The number of anilines is 1. The number of rotatable bonds is 5. The van der Waals surface area contributed by atoms with Crippen molar-refractivity contribution >= 4 is 22.5 Å². The predicted molar refractivity (Wildman–Crippen MR) is 108 cm³/mol. The van der Waals surface area contributed by atoms with Crippen LogP contribution in [0.4, 0.5) is 5.69 Å². The maximum absolute atomic E-state index is 12.5. The molecule has 0 saturated carbocycles. The third-order valence-corrected chi connectivity index (χ3v) is 5.11. The first-order valence-corrected chi connectivity index (χ1v) is 9.47. The topological polar surface area (TPSA) is 57.4 Å². The molecule has 0 unspecified atom stereocenters. The number of carbonyl (C=O) groups is 1. The van der Waals surface area contributed by atoms with E-state index in [1.807, 2.05) is 43.3 Å². The summed E-state index contributed by atoms with van der Waals surface area (Å²) >= 11 is 0. The summed E-state index contributed by atoms with van der Waals surface area (Å²) in [6, 6.07) is 13.7. The first kappa shape index (κ1) is 17.8. The molecular weight excluding hydrogens is 338 g/mol. The number of hydrogen-bond acceptors (Lipinski definition) is 3. The second-order valence-electron chi connectivity index (χ2n) is 7.10. The first-order chi connectivity index (χ1) is 13.2. The van der Waals surface area contributed by atoms with Crippen molar-refractivity contribution < 1.29 is 9.53 Å². The lowest BCUT2D eigenvalue weighted by Gasteiger charge is -2.26. The SMILES string of the molecule is Cc1cccc(C(=O)Nc2ccc3[nH]cc(CCN4CCOCC4)c3c2)c1. The van der Waals surface area contributed by atoms with Crippen LogP contribution in [0.1, 0.15) is 21.5 Å². The molecular formula is C22H25N3O2. The van der Waals surface area contributed by atoms with E-state index in [2.05, 4.69) is 27.5 Å². The van der Waals surface area contributed by atoms with Crippen LogP contribution in [-0.2, 0) is 11.2 Å². The molecule has 0 radical (unpaired) electrons. The fraction of sp³-hybridized carbons (Fsp3) is 0.318. The number of nitrogens with one attached hydrogen (secondary N) is 2. The van der Waals surface area contributed by atoms with E-state index >= 15 is 0 Å². The van der Waals surface area contributed by atoms with Crippen LogP contribution >= 0.6 is 0 Å². The number of amides is 1. The fourth-order valence-corrected chi connectivity index (χ4v) is 3.56. The molecule has 0 bridgehead atoms. The lowest BCUT2D eigenvalue weighted by molar-refractivity contribution is 0.0385. The summed E-state index contributed by atoms with van der Waals surface area (Å²) in [5.74, 6) is -0.0801. The van der Waals surface area contributed by atoms with Gasteiger partial charge in [-0.2, -0.15) is 0 Å². The lowest BCUT2D eigenvalue weighted by atomic mass is 10.1. The Kier molecular flexibility index (Phi) is 5.23. The van der Waals surface area contributed by atoms with Crippen molar-refractivity contribution in [1.82, 2.24) is 9.88 Å². The number of ether oxygens (including phenoxy) is 1. The normalized spacial score (nSPS) is 15.1. The number of hydrogen-bond donors (Lipinski definition) is 2. The van der Waals surface area contributed by atoms with Crippen LogP contribution < -0.4 is 5.32 Å². The van der Waals surface area contributed by atoms with Crippen molar-refractivity contribution in [3.8, 4) is 0 Å². The zero-order chi connectivity index (χ0) is 18.6. The van der Waals surface area contributed by atoms with E-state index in [4.69, 9.17) is 4.74 Å². The smallest absolute Gasteiger partial charge is 0.255 e. The number of aromatic nitrogens is 1. The van der Waals surface area contributed by atoms with Crippen LogP contribution in [0.15, 0.2) is 48.7 Å². The van der Waals surface area contributed by atoms with E-state index in [9.17, 15) is 4.79 Å². The number of carbonyl (C=O) groups excluding carboxylic acids is 1. The van der Waals surface area contributed by atoms with Gasteiger partial charge in [0.25, 0.3) is 5.91 Å². The highest BCUT2D eigenvalue weighted by atomic mass is 16.5. The van der Waals surface area contributed by atoms with Crippen molar-refractivity contribution in [2.45, 2.75) is 13.3 Å². The Bertz CT molecular complexity index is 942. The summed E-state index contributed by atoms with van der Waals surface area (Å²) in [7, 11) is 0. The van der Waals surface area contributed by atoms with E-state index < -0.39 is 0 Å². The third kappa shape index (κ3) is 4.21. The second kappa shape index (κ2) is 7.94. The molecule has 2 aromatic carbocycles. The van der Waals surface area contributed by atoms with Crippen LogP contribution in [-0.4, -0.2) is 48.6 Å². The van der Waals surface area contributed by atoms with Crippen LogP contribution in [0.2, 0.25) is 0 Å². The zero-order valence-corrected chi connectivity index (χ0v) is 15.6. The fourth-order valence-electron chi connectivity index (χ4n) is 3.56. The highest BCUT2D eigenvalue weighted by Crippen LogP contribution is 2.23. The standard InChI is InChI=1S/C22H25N3O2/c1-16-3-2-4-17(13-16)22(26)24-19-5-6-21-20(14-19)18(15-23-21)7-8-25-9-11-27-12-10-25/h2-6,13-15,23H,7-12H2,1H3,(H,24,26). The molecule has 5 nitrogen and oxygen atoms in total. The summed E-state index contributed by atoms with van der Waals surface area (Å²) in [4.78, 5) is 18.3. The largest absolute Gasteiger partial charge is 0.379 e. The molecule has 2 N–H and O–H groups in total. The molecule has 1 saturated heterocycles. The van der Waals surface area contributed by atoms with Crippen molar-refractivity contribution in [3.63, 3.8) is 0 Å². The summed E-state index contributed by atoms with van der Waals surface area (Å²) in [5.41, 5.74) is 4.95. The summed E-state index contributed by atoms with van der Waals surface area (Å²) in [6.45, 7) is 6.66. The Labute approximate surface area is 159 Å². The van der Waals surface area contributed by atoms with Gasteiger partial charge in [-0.1, -0.05) is 17.7 Å². The van der Waals surface area contributed by atoms with Crippen molar-refractivity contribution in [3.05, 3.63) is 65.4 Å². The average Bonchev–Trinajstić information content (AvgIpc) is 3.09. The summed E-state index contributed by atoms with van der Waals surface area (Å²) in [5, 5.41) is 4.19. The number of fused-ring (bicyclic) bond motifs is 1. The molecule has 1 aromatic heterocycles. The van der Waals surface area contributed by atoms with Crippen LogP contribution in [0.3, 0.4) is 0 Å². The minimum Gasteiger partial charge on any atom is -0.379 e. The first-order valence-electron chi connectivity index (χ1n) is 9.47. The molecule has 0 atom stereocenters. The molecule has 1 amide bonds. The van der Waals surface area contributed by atoms with Gasteiger partial charge in [0, 0.05) is 48.0 Å². The number of aromatic amines is 1. The molecule has 1 aliphatic heterocycles. The van der Waals surface area contributed by atoms with Gasteiger partial charge in [-0.25, -0.2) is 0 Å². The van der Waals surface area contributed by atoms with E-state index in [0.29, 0.717) is 5.56 Å². The van der Waals surface area contributed by atoms with Crippen LogP contribution in [0.5, 0.6) is 0 Å². The van der Waals surface area contributed by atoms with E-state index in [-0.39, 0.29) is 5.91 Å². The van der Waals surface area contributed by atoms with Crippen molar-refractivity contribution in [2.75, 3.05) is 38.2 Å². The van der Waals surface area contributed by atoms with Gasteiger partial charge in [0.15, 0.2) is 0 Å². The monoisotopic (exact) mass is 363 g/mol. The Morgan fingerprint density at radius 2 is 2.04 bits per heavy atom. The molecule has 140 valence electrons. The minimum absolute atomic E-state index is 0.0801. The van der Waals surface area contributed by atoms with Crippen molar-refractivity contribution in [1.29, 1.82) is 0 Å². The van der Waals surface area contributed by atoms with Gasteiger partial charge in [-0.15, -0.1) is 0 Å². The molecule has 2 heterocycles. The van der Waals surface area contributed by atoms with Gasteiger partial charge in [0.1, 0.15) is 0 Å². The van der Waals surface area contributed by atoms with E-state index in [1.54, 1.807) is 0 Å². The number of morpholine rings is 1. The molecule has 1 fully saturated rings. The second-order valence-corrected chi connectivity index (χ2v) is 7.10. The van der Waals surface area contributed by atoms with E-state index in [0.717, 1.165) is 56.0 Å². The number of benzene rings is 2. The molecule has 3 aromatic rings. The zero-order valence-electron chi connectivity index (χ0n) is 15.6. The van der Waals surface area contributed by atoms with Gasteiger partial charge in [-0.3, -0.25) is 9.69 Å². The number of aryl methyl sites for hydroxylation is 1. The number of H-pyrrole nitrogens is 1. The average molecular weight is 363 g/mol. The van der Waals surface area contributed by atoms with Gasteiger partial charge in [0.2, 0.25) is 0 Å². The summed E-state index contributed by atoms with van der Waals surface area (Å²) < 4.78 is 5.42. The predicted octanol–water partition coefficient (Wildman–Crippen LogP) is 3.60. The highest BCUT2D eigenvalue weighted by Gasteiger charge is 2.12. The van der Waals surface area contributed by atoms with Crippen LogP contribution in [0, 0.1) is 6.92 Å². The molecule has 0 spiro atoms. The van der Waals surface area contributed by atoms with Gasteiger partial charge in [-0.05, 0) is 49.2 Å². The molecule has 1 aliphatic rings. The van der Waals surface area contributed by atoms with Crippen LogP contribution in [0.25, 0.3) is 10.9 Å². The Balaban J connectivity index is 1.48. The number of nitrogens with zero attached hydrogens (tertiary/aromatic N) is 1. The summed E-state index contributed by atoms with van der Waals surface area (Å²) in [6.07, 6.45) is 3.06. The molecule has 0 aliphatic carbocycles. The quantitative estimate of drug-likeness (QED) is 0.728. The highest BCUT2D eigenvalue weighted by molar-refractivity contribution is 6.05. The Morgan fingerprint density at radius 1 is 1.19 bits per heavy atom. The minimum atomic E-state index is -0.0801. The molecule has 27 heavy (non-hydrogen) atoms. The molecule has 4 rings (SSSR count). The van der Waals surface area contributed by atoms with Gasteiger partial charge in [0.05, 0.1) is 13.2 Å². The van der Waals surface area contributed by atoms with E-state index in [1.165, 1.54) is 10.9 Å².